The van der Waals surface area contributed by atoms with E-state index in [1.54, 1.807) is 42.7 Å². The Morgan fingerprint density at radius 2 is 2.07 bits per heavy atom. The maximum absolute atomic E-state index is 12.4. The number of nitrogens with zero attached hydrogens (tertiary/aromatic N) is 4. The van der Waals surface area contributed by atoms with E-state index < -0.39 is 0 Å². The van der Waals surface area contributed by atoms with Crippen LogP contribution >= 0.6 is 11.3 Å². The van der Waals surface area contributed by atoms with E-state index in [9.17, 15) is 4.79 Å². The van der Waals surface area contributed by atoms with Crippen LogP contribution in [0.3, 0.4) is 0 Å². The number of hydrogen-bond donors (Lipinski definition) is 1. The van der Waals surface area contributed by atoms with E-state index in [-0.39, 0.29) is 17.7 Å². The third kappa shape index (κ3) is 4.47. The number of methoxy groups -OCH3 is 1. The van der Waals surface area contributed by atoms with Crippen molar-refractivity contribution in [3.8, 4) is 10.7 Å². The van der Waals surface area contributed by atoms with Crippen molar-refractivity contribution in [1.82, 2.24) is 19.5 Å². The summed E-state index contributed by atoms with van der Waals surface area (Å²) >= 11 is 1.49. The van der Waals surface area contributed by atoms with Gasteiger partial charge < -0.3 is 19.4 Å². The highest BCUT2D eigenvalue weighted by Crippen LogP contribution is 2.28. The van der Waals surface area contributed by atoms with Gasteiger partial charge in [-0.25, -0.2) is 9.97 Å². The molecule has 1 aliphatic carbocycles. The molecule has 4 rings (SSSR count). The fraction of sp³-hybridized carbons (Fsp3) is 0.500. The van der Waals surface area contributed by atoms with E-state index in [4.69, 9.17) is 14.5 Å². The summed E-state index contributed by atoms with van der Waals surface area (Å²) in [6, 6.07) is 1.92. The van der Waals surface area contributed by atoms with Crippen molar-refractivity contribution < 1.29 is 9.47 Å². The smallest absolute Gasteiger partial charge is 0.252 e. The highest BCUT2D eigenvalue weighted by Gasteiger charge is 2.23. The number of aromatic nitrogens is 4. The van der Waals surface area contributed by atoms with Crippen molar-refractivity contribution in [3.05, 3.63) is 34.3 Å². The zero-order valence-electron chi connectivity index (χ0n) is 16.6. The molecule has 0 spiro atoms. The average molecular weight is 416 g/mol. The number of pyridine rings is 1. The van der Waals surface area contributed by atoms with E-state index in [2.05, 4.69) is 15.3 Å². The van der Waals surface area contributed by atoms with Gasteiger partial charge in [-0.3, -0.25) is 9.78 Å². The minimum Gasteiger partial charge on any atom is -0.382 e. The van der Waals surface area contributed by atoms with Crippen molar-refractivity contribution in [2.45, 2.75) is 37.8 Å². The van der Waals surface area contributed by atoms with Gasteiger partial charge in [0.1, 0.15) is 5.52 Å². The molecule has 0 bridgehead atoms. The SMILES string of the molecule is COCCOC1CCC(Nc2cc(=O)n(C)c3cnc(-c4cncs4)nc23)CC1. The maximum atomic E-state index is 12.4. The number of thiazole rings is 1. The van der Waals surface area contributed by atoms with Gasteiger partial charge in [0.15, 0.2) is 5.82 Å². The first-order chi connectivity index (χ1) is 14.2. The number of hydrogen-bond acceptors (Lipinski definition) is 8. The van der Waals surface area contributed by atoms with Crippen LogP contribution in [0.2, 0.25) is 0 Å². The first-order valence-corrected chi connectivity index (χ1v) is 10.7. The summed E-state index contributed by atoms with van der Waals surface area (Å²) in [5, 5.41) is 3.56. The summed E-state index contributed by atoms with van der Waals surface area (Å²) in [5.74, 6) is 0.622. The monoisotopic (exact) mass is 415 g/mol. The normalized spacial score (nSPS) is 19.5. The largest absolute Gasteiger partial charge is 0.382 e. The number of rotatable bonds is 7. The molecule has 1 aliphatic rings. The molecule has 8 nitrogen and oxygen atoms in total. The number of aryl methyl sites for hydroxylation is 1. The zero-order valence-corrected chi connectivity index (χ0v) is 17.4. The summed E-state index contributed by atoms with van der Waals surface area (Å²) in [4.78, 5) is 26.6. The van der Waals surface area contributed by atoms with Gasteiger partial charge in [0.2, 0.25) is 0 Å². The lowest BCUT2D eigenvalue weighted by Gasteiger charge is -2.30. The first kappa shape index (κ1) is 19.9. The van der Waals surface area contributed by atoms with Crippen molar-refractivity contribution >= 4 is 28.1 Å². The van der Waals surface area contributed by atoms with Crippen molar-refractivity contribution in [2.24, 2.45) is 7.05 Å². The maximum Gasteiger partial charge on any atom is 0.252 e. The topological polar surface area (TPSA) is 91.2 Å². The van der Waals surface area contributed by atoms with Gasteiger partial charge in [0, 0.05) is 32.5 Å². The number of ether oxygens (including phenoxy) is 2. The molecule has 154 valence electrons. The fourth-order valence-electron chi connectivity index (χ4n) is 3.67. The summed E-state index contributed by atoms with van der Waals surface area (Å²) in [6.07, 6.45) is 7.71. The van der Waals surface area contributed by atoms with Crippen LogP contribution in [-0.2, 0) is 16.5 Å². The molecule has 3 heterocycles. The van der Waals surface area contributed by atoms with Crippen LogP contribution in [0.1, 0.15) is 25.7 Å². The van der Waals surface area contributed by atoms with Crippen molar-refractivity contribution in [2.75, 3.05) is 25.6 Å². The van der Waals surface area contributed by atoms with Crippen LogP contribution < -0.4 is 10.9 Å². The van der Waals surface area contributed by atoms with Crippen LogP contribution in [-0.4, -0.2) is 52.0 Å². The van der Waals surface area contributed by atoms with Gasteiger partial charge >= 0.3 is 0 Å². The molecule has 3 aromatic heterocycles. The Kier molecular flexibility index (Phi) is 6.17. The highest BCUT2D eigenvalue weighted by molar-refractivity contribution is 7.13. The predicted octanol–water partition coefficient (Wildman–Crippen LogP) is 2.84. The quantitative estimate of drug-likeness (QED) is 0.593. The second-order valence-electron chi connectivity index (χ2n) is 7.23. The Balaban J connectivity index is 1.55. The van der Waals surface area contributed by atoms with Gasteiger partial charge in [-0.2, -0.15) is 0 Å². The summed E-state index contributed by atoms with van der Waals surface area (Å²) in [6.45, 7) is 1.26. The molecule has 3 aromatic rings. The van der Waals surface area contributed by atoms with Gasteiger partial charge in [0.25, 0.3) is 5.56 Å². The third-order valence-corrected chi connectivity index (χ3v) is 6.08. The van der Waals surface area contributed by atoms with E-state index in [1.165, 1.54) is 11.3 Å². The summed E-state index contributed by atoms with van der Waals surface area (Å²) in [7, 11) is 3.43. The molecular formula is C20H25N5O3S. The van der Waals surface area contributed by atoms with Crippen LogP contribution in [0.4, 0.5) is 5.69 Å². The Morgan fingerprint density at radius 1 is 1.24 bits per heavy atom. The molecule has 1 fully saturated rings. The minimum absolute atomic E-state index is 0.0780. The molecule has 0 atom stereocenters. The van der Waals surface area contributed by atoms with E-state index in [0.717, 1.165) is 41.8 Å². The number of anilines is 1. The van der Waals surface area contributed by atoms with Crippen LogP contribution in [0, 0.1) is 0 Å². The fourth-order valence-corrected chi connectivity index (χ4v) is 4.23. The van der Waals surface area contributed by atoms with Crippen LogP contribution in [0.15, 0.2) is 28.8 Å². The first-order valence-electron chi connectivity index (χ1n) is 9.78. The zero-order chi connectivity index (χ0) is 20.2. The molecule has 0 saturated heterocycles. The lowest BCUT2D eigenvalue weighted by Crippen LogP contribution is -2.31. The Morgan fingerprint density at radius 3 is 2.79 bits per heavy atom. The van der Waals surface area contributed by atoms with Gasteiger partial charge in [0.05, 0.1) is 47.1 Å². The van der Waals surface area contributed by atoms with E-state index in [0.29, 0.717) is 24.6 Å². The third-order valence-electron chi connectivity index (χ3n) is 5.31. The number of nitrogens with one attached hydrogen (secondary N) is 1. The highest BCUT2D eigenvalue weighted by atomic mass is 32.1. The second kappa shape index (κ2) is 8.98. The van der Waals surface area contributed by atoms with Crippen molar-refractivity contribution in [1.29, 1.82) is 0 Å². The molecule has 29 heavy (non-hydrogen) atoms. The van der Waals surface area contributed by atoms with Gasteiger partial charge in [-0.05, 0) is 25.7 Å². The summed E-state index contributed by atoms with van der Waals surface area (Å²) in [5.41, 5.74) is 3.91. The molecule has 0 unspecified atom stereocenters. The van der Waals surface area contributed by atoms with E-state index in [1.807, 2.05) is 0 Å². The van der Waals surface area contributed by atoms with Gasteiger partial charge in [-0.15, -0.1) is 11.3 Å². The molecule has 1 N–H and O–H groups in total. The van der Waals surface area contributed by atoms with Crippen LogP contribution in [0.25, 0.3) is 21.7 Å². The lowest BCUT2D eigenvalue weighted by molar-refractivity contribution is -0.00154. The predicted molar refractivity (Wildman–Crippen MR) is 113 cm³/mol. The number of fused-ring (bicyclic) bond motifs is 1. The Hall–Kier alpha value is -2.36. The lowest BCUT2D eigenvalue weighted by atomic mass is 9.92. The van der Waals surface area contributed by atoms with E-state index >= 15 is 0 Å². The Labute approximate surface area is 172 Å². The van der Waals surface area contributed by atoms with Gasteiger partial charge in [-0.1, -0.05) is 0 Å². The second-order valence-corrected chi connectivity index (χ2v) is 8.12. The average Bonchev–Trinajstić information content (AvgIpc) is 3.28. The molecule has 0 amide bonds. The standard InChI is InChI=1S/C20H25N5O3S/c1-25-16-10-22-20(17-11-21-12-29-17)24-19(16)15(9-18(25)26)23-13-3-5-14(6-4-13)28-8-7-27-2/h9-14,23H,3-8H2,1-2H3. The Bertz CT molecular complexity index is 1010. The summed E-state index contributed by atoms with van der Waals surface area (Å²) < 4.78 is 12.5. The molecule has 1 saturated carbocycles. The minimum atomic E-state index is -0.0780. The molecule has 0 radical (unpaired) electrons. The molecule has 0 aliphatic heterocycles. The van der Waals surface area contributed by atoms with Crippen LogP contribution in [0.5, 0.6) is 0 Å². The molecular weight excluding hydrogens is 390 g/mol. The molecule has 0 aromatic carbocycles. The van der Waals surface area contributed by atoms with Crippen molar-refractivity contribution in [3.63, 3.8) is 0 Å². The molecule has 9 heteroatoms.